The number of piperazine rings is 1. The number of hydrogen-bond donors (Lipinski definition) is 1. The molecule has 0 aromatic carbocycles. The van der Waals surface area contributed by atoms with E-state index in [9.17, 15) is 0 Å². The first kappa shape index (κ1) is 13.2. The second-order valence-corrected chi connectivity index (χ2v) is 5.19. The second-order valence-electron chi connectivity index (χ2n) is 5.19. The van der Waals surface area contributed by atoms with E-state index in [1.54, 1.807) is 0 Å². The van der Waals surface area contributed by atoms with Gasteiger partial charge in [0.2, 0.25) is 0 Å². The van der Waals surface area contributed by atoms with Gasteiger partial charge in [-0.2, -0.15) is 0 Å². The maximum Gasteiger partial charge on any atom is 0.0829 e. The summed E-state index contributed by atoms with van der Waals surface area (Å²) in [5.41, 5.74) is 5.58. The van der Waals surface area contributed by atoms with E-state index in [1.165, 1.54) is 0 Å². The predicted octanol–water partition coefficient (Wildman–Crippen LogP) is -1.11. The summed E-state index contributed by atoms with van der Waals surface area (Å²) in [5.74, 6) is 0. The van der Waals surface area contributed by atoms with Crippen LogP contribution in [0.5, 0.6) is 0 Å². The molecule has 0 radical (unpaired) electrons. The van der Waals surface area contributed by atoms with Gasteiger partial charge >= 0.3 is 0 Å². The van der Waals surface area contributed by atoms with E-state index in [0.29, 0.717) is 6.10 Å². The van der Waals surface area contributed by atoms with Crippen molar-refractivity contribution in [1.82, 2.24) is 14.7 Å². The summed E-state index contributed by atoms with van der Waals surface area (Å²) in [4.78, 5) is 7.33. The van der Waals surface area contributed by atoms with Crippen LogP contribution >= 0.6 is 0 Å². The van der Waals surface area contributed by atoms with Crippen LogP contribution < -0.4 is 5.73 Å². The van der Waals surface area contributed by atoms with Crippen LogP contribution in [0.4, 0.5) is 0 Å². The predicted molar refractivity (Wildman–Crippen MR) is 69.2 cm³/mol. The van der Waals surface area contributed by atoms with Crippen LogP contribution in [0, 0.1) is 0 Å². The van der Waals surface area contributed by atoms with Crippen molar-refractivity contribution in [3.63, 3.8) is 0 Å². The Bertz CT molecular complexity index is 219. The van der Waals surface area contributed by atoms with Crippen molar-refractivity contribution < 1.29 is 4.74 Å². The van der Waals surface area contributed by atoms with Crippen molar-refractivity contribution in [2.75, 3.05) is 72.6 Å². The van der Waals surface area contributed by atoms with E-state index in [2.05, 4.69) is 21.7 Å². The maximum absolute atomic E-state index is 5.81. The van der Waals surface area contributed by atoms with E-state index in [1.807, 2.05) is 0 Å². The lowest BCUT2D eigenvalue weighted by molar-refractivity contribution is -0.0409. The minimum atomic E-state index is 0.398. The molecule has 0 spiro atoms. The third-order valence-electron chi connectivity index (χ3n) is 3.71. The molecule has 17 heavy (non-hydrogen) atoms. The maximum atomic E-state index is 5.81. The van der Waals surface area contributed by atoms with Crippen LogP contribution in [0.25, 0.3) is 0 Å². The topological polar surface area (TPSA) is 45.0 Å². The molecule has 2 saturated heterocycles. The lowest BCUT2D eigenvalue weighted by Gasteiger charge is -2.38. The molecule has 2 heterocycles. The number of nitrogens with zero attached hydrogens (tertiary/aromatic N) is 3. The number of nitrogens with two attached hydrogens (primary N) is 1. The first-order valence-electron chi connectivity index (χ1n) is 6.73. The molecular formula is C12H26N4O. The van der Waals surface area contributed by atoms with Crippen LogP contribution in [0.2, 0.25) is 0 Å². The molecule has 100 valence electrons. The first-order valence-corrected chi connectivity index (χ1v) is 6.73. The molecular weight excluding hydrogens is 216 g/mol. The fourth-order valence-electron chi connectivity index (χ4n) is 2.64. The van der Waals surface area contributed by atoms with Gasteiger partial charge in [0.05, 0.1) is 12.7 Å². The summed E-state index contributed by atoms with van der Waals surface area (Å²) >= 11 is 0. The first-order chi connectivity index (χ1) is 8.28. The molecule has 0 aliphatic carbocycles. The average Bonchev–Trinajstić information content (AvgIpc) is 2.32. The molecule has 0 saturated carbocycles. The molecule has 2 rings (SSSR count). The molecule has 1 atom stereocenters. The van der Waals surface area contributed by atoms with Crippen LogP contribution in [-0.2, 0) is 4.74 Å². The monoisotopic (exact) mass is 242 g/mol. The third kappa shape index (κ3) is 4.19. The Balaban J connectivity index is 1.67. The number of likely N-dealkylation sites (N-methyl/N-ethyl adjacent to an activating group) is 1. The van der Waals surface area contributed by atoms with Gasteiger partial charge in [0, 0.05) is 58.9 Å². The van der Waals surface area contributed by atoms with E-state index in [-0.39, 0.29) is 0 Å². The van der Waals surface area contributed by atoms with Crippen molar-refractivity contribution in [2.24, 2.45) is 5.73 Å². The minimum Gasteiger partial charge on any atom is -0.374 e. The highest BCUT2D eigenvalue weighted by Crippen LogP contribution is 2.08. The highest BCUT2D eigenvalue weighted by Gasteiger charge is 2.23. The highest BCUT2D eigenvalue weighted by atomic mass is 16.5. The van der Waals surface area contributed by atoms with Gasteiger partial charge in [-0.15, -0.1) is 0 Å². The van der Waals surface area contributed by atoms with Gasteiger partial charge in [0.15, 0.2) is 0 Å². The second kappa shape index (κ2) is 6.66. The Morgan fingerprint density at radius 3 is 2.47 bits per heavy atom. The van der Waals surface area contributed by atoms with Crippen molar-refractivity contribution in [2.45, 2.75) is 6.10 Å². The summed E-state index contributed by atoms with van der Waals surface area (Å²) in [6.45, 7) is 10.5. The molecule has 2 N–H and O–H groups in total. The van der Waals surface area contributed by atoms with Gasteiger partial charge < -0.3 is 15.4 Å². The third-order valence-corrected chi connectivity index (χ3v) is 3.71. The Morgan fingerprint density at radius 2 is 1.82 bits per heavy atom. The molecule has 5 nitrogen and oxygen atoms in total. The zero-order valence-corrected chi connectivity index (χ0v) is 11.0. The van der Waals surface area contributed by atoms with Crippen molar-refractivity contribution in [3.8, 4) is 0 Å². The van der Waals surface area contributed by atoms with Gasteiger partial charge in [-0.25, -0.2) is 0 Å². The van der Waals surface area contributed by atoms with Crippen molar-refractivity contribution in [3.05, 3.63) is 0 Å². The Morgan fingerprint density at radius 1 is 1.12 bits per heavy atom. The molecule has 0 amide bonds. The fraction of sp³-hybridized carbons (Fsp3) is 1.00. The standard InChI is InChI=1S/C12H26N4O/c1-14-8-9-17-12(10-14)11-16-6-4-15(3-2-13)5-7-16/h12H,2-11,13H2,1H3. The zero-order valence-electron chi connectivity index (χ0n) is 11.0. The number of morpholine rings is 1. The van der Waals surface area contributed by atoms with Gasteiger partial charge in [0.25, 0.3) is 0 Å². The summed E-state index contributed by atoms with van der Waals surface area (Å²) < 4.78 is 5.81. The minimum absolute atomic E-state index is 0.398. The van der Waals surface area contributed by atoms with Gasteiger partial charge in [-0.05, 0) is 7.05 Å². The molecule has 5 heteroatoms. The van der Waals surface area contributed by atoms with Gasteiger partial charge in [-0.1, -0.05) is 0 Å². The highest BCUT2D eigenvalue weighted by molar-refractivity contribution is 4.77. The van der Waals surface area contributed by atoms with E-state index in [4.69, 9.17) is 10.5 Å². The Kier molecular flexibility index (Phi) is 5.18. The molecule has 0 bridgehead atoms. The van der Waals surface area contributed by atoms with E-state index >= 15 is 0 Å². The summed E-state index contributed by atoms with van der Waals surface area (Å²) in [6.07, 6.45) is 0.398. The largest absolute Gasteiger partial charge is 0.374 e. The van der Waals surface area contributed by atoms with Crippen molar-refractivity contribution >= 4 is 0 Å². The molecule has 1 unspecified atom stereocenters. The SMILES string of the molecule is CN1CCOC(CN2CCN(CCN)CC2)C1. The van der Waals surface area contributed by atoms with Crippen LogP contribution in [0.1, 0.15) is 0 Å². The molecule has 0 aromatic rings. The number of ether oxygens (including phenoxy) is 1. The molecule has 2 fully saturated rings. The van der Waals surface area contributed by atoms with Crippen LogP contribution in [0.3, 0.4) is 0 Å². The smallest absolute Gasteiger partial charge is 0.0829 e. The van der Waals surface area contributed by atoms with Crippen LogP contribution in [0.15, 0.2) is 0 Å². The fourth-order valence-corrected chi connectivity index (χ4v) is 2.64. The normalized spacial score (nSPS) is 29.6. The quantitative estimate of drug-likeness (QED) is 0.677. The number of rotatable bonds is 4. The van der Waals surface area contributed by atoms with E-state index in [0.717, 1.165) is 65.5 Å². The van der Waals surface area contributed by atoms with Crippen molar-refractivity contribution in [1.29, 1.82) is 0 Å². The summed E-state index contributed by atoms with van der Waals surface area (Å²) in [7, 11) is 2.18. The number of hydrogen-bond acceptors (Lipinski definition) is 5. The average molecular weight is 242 g/mol. The Labute approximate surface area is 104 Å². The Hall–Kier alpha value is -0.200. The summed E-state index contributed by atoms with van der Waals surface area (Å²) in [5, 5.41) is 0. The molecule has 0 aromatic heterocycles. The molecule has 2 aliphatic rings. The zero-order chi connectivity index (χ0) is 12.1. The van der Waals surface area contributed by atoms with Crippen LogP contribution in [-0.4, -0.2) is 93.4 Å². The van der Waals surface area contributed by atoms with Gasteiger partial charge in [-0.3, -0.25) is 9.80 Å². The lowest BCUT2D eigenvalue weighted by atomic mass is 10.2. The van der Waals surface area contributed by atoms with E-state index < -0.39 is 0 Å². The van der Waals surface area contributed by atoms with Gasteiger partial charge in [0.1, 0.15) is 0 Å². The lowest BCUT2D eigenvalue weighted by Crippen LogP contribution is -2.52. The molecule has 2 aliphatic heterocycles. The summed E-state index contributed by atoms with van der Waals surface area (Å²) in [6, 6.07) is 0.